The van der Waals surface area contributed by atoms with E-state index in [-0.39, 0.29) is 27.7 Å². The number of nitrogens with zero attached hydrogens (tertiary/aromatic N) is 3. The Balaban J connectivity index is 1.24. The van der Waals surface area contributed by atoms with E-state index < -0.39 is 0 Å². The molecule has 176 valence electrons. The summed E-state index contributed by atoms with van der Waals surface area (Å²) in [6, 6.07) is 7.80. The molecule has 2 aromatic rings. The van der Waals surface area contributed by atoms with Gasteiger partial charge in [-0.25, -0.2) is 0 Å². The summed E-state index contributed by atoms with van der Waals surface area (Å²) in [6.45, 7) is 3.15. The number of hydrogen-bond donors (Lipinski definition) is 2. The van der Waals surface area contributed by atoms with Crippen LogP contribution in [0.3, 0.4) is 0 Å². The second-order valence-electron chi connectivity index (χ2n) is 9.07. The minimum absolute atomic E-state index is 0.139. The molecule has 1 aromatic heterocycles. The molecule has 0 bridgehead atoms. The molecular weight excluding hydrogens is 438 g/mol. The van der Waals surface area contributed by atoms with Gasteiger partial charge in [0.1, 0.15) is 0 Å². The Morgan fingerprint density at radius 3 is 2.33 bits per heavy atom. The highest BCUT2D eigenvalue weighted by molar-refractivity contribution is 7.15. The molecular formula is C24H31N5O3S. The predicted octanol–water partition coefficient (Wildman–Crippen LogP) is 3.79. The van der Waals surface area contributed by atoms with Crippen molar-refractivity contribution in [2.45, 2.75) is 64.3 Å². The molecule has 1 aromatic carbocycles. The van der Waals surface area contributed by atoms with Crippen LogP contribution in [0.25, 0.3) is 0 Å². The van der Waals surface area contributed by atoms with Gasteiger partial charge < -0.3 is 15.5 Å². The standard InChI is InChI=1S/C24H31N5O3S/c1-16-7-9-19(10-8-16)26-21(31)22-27-28-23(33-22)24(32)29-13-11-17(12-14-29)15-20(30)25-18-5-3-2-4-6-18/h7-10,17-18H,2-6,11-15H2,1H3,(H,25,30)(H,26,31). The lowest BCUT2D eigenvalue weighted by Gasteiger charge is -2.31. The molecule has 2 heterocycles. The zero-order chi connectivity index (χ0) is 23.2. The fourth-order valence-electron chi connectivity index (χ4n) is 4.49. The number of aryl methyl sites for hydroxylation is 1. The molecule has 8 nitrogen and oxygen atoms in total. The van der Waals surface area contributed by atoms with E-state index in [4.69, 9.17) is 0 Å². The summed E-state index contributed by atoms with van der Waals surface area (Å²) in [5, 5.41) is 14.2. The van der Waals surface area contributed by atoms with Crippen molar-refractivity contribution in [2.75, 3.05) is 18.4 Å². The number of aromatic nitrogens is 2. The molecule has 2 fully saturated rings. The van der Waals surface area contributed by atoms with Crippen LogP contribution >= 0.6 is 11.3 Å². The van der Waals surface area contributed by atoms with E-state index in [1.54, 1.807) is 4.90 Å². The minimum Gasteiger partial charge on any atom is -0.353 e. The number of carbonyl (C=O) groups is 3. The summed E-state index contributed by atoms with van der Waals surface area (Å²) in [6.07, 6.45) is 7.97. The summed E-state index contributed by atoms with van der Waals surface area (Å²) < 4.78 is 0. The van der Waals surface area contributed by atoms with Gasteiger partial charge in [-0.15, -0.1) is 10.2 Å². The molecule has 2 N–H and O–H groups in total. The van der Waals surface area contributed by atoms with Gasteiger partial charge in [-0.05, 0) is 50.7 Å². The van der Waals surface area contributed by atoms with Crippen LogP contribution in [0.4, 0.5) is 5.69 Å². The van der Waals surface area contributed by atoms with Crippen molar-refractivity contribution < 1.29 is 14.4 Å². The van der Waals surface area contributed by atoms with Crippen molar-refractivity contribution in [3.8, 4) is 0 Å². The van der Waals surface area contributed by atoms with E-state index in [1.807, 2.05) is 31.2 Å². The average molecular weight is 470 g/mol. The van der Waals surface area contributed by atoms with E-state index in [1.165, 1.54) is 19.3 Å². The molecule has 1 aliphatic heterocycles. The lowest BCUT2D eigenvalue weighted by Crippen LogP contribution is -2.41. The SMILES string of the molecule is Cc1ccc(NC(=O)c2nnc(C(=O)N3CCC(CC(=O)NC4CCCCC4)CC3)s2)cc1. The molecule has 1 saturated heterocycles. The van der Waals surface area contributed by atoms with Crippen LogP contribution in [0.15, 0.2) is 24.3 Å². The highest BCUT2D eigenvalue weighted by Crippen LogP contribution is 2.24. The number of hydrogen-bond acceptors (Lipinski definition) is 6. The van der Waals surface area contributed by atoms with Crippen molar-refractivity contribution in [3.63, 3.8) is 0 Å². The molecule has 3 amide bonds. The first-order chi connectivity index (χ1) is 16.0. The van der Waals surface area contributed by atoms with Gasteiger partial charge in [0.2, 0.25) is 15.9 Å². The number of amides is 3. The third-order valence-electron chi connectivity index (χ3n) is 6.46. The van der Waals surface area contributed by atoms with Crippen LogP contribution in [0, 0.1) is 12.8 Å². The molecule has 1 saturated carbocycles. The van der Waals surface area contributed by atoms with Crippen LogP contribution in [0.1, 0.15) is 76.5 Å². The van der Waals surface area contributed by atoms with E-state index in [0.29, 0.717) is 37.2 Å². The van der Waals surface area contributed by atoms with E-state index >= 15 is 0 Å². The van der Waals surface area contributed by atoms with Gasteiger partial charge in [0.05, 0.1) is 0 Å². The second-order valence-corrected chi connectivity index (χ2v) is 10.1. The third-order valence-corrected chi connectivity index (χ3v) is 7.37. The van der Waals surface area contributed by atoms with E-state index in [9.17, 15) is 14.4 Å². The van der Waals surface area contributed by atoms with Crippen LogP contribution < -0.4 is 10.6 Å². The van der Waals surface area contributed by atoms with Crippen molar-refractivity contribution in [1.29, 1.82) is 0 Å². The molecule has 4 rings (SSSR count). The molecule has 0 radical (unpaired) electrons. The summed E-state index contributed by atoms with van der Waals surface area (Å²) in [5.74, 6) is -0.145. The topological polar surface area (TPSA) is 104 Å². The highest BCUT2D eigenvalue weighted by Gasteiger charge is 2.28. The highest BCUT2D eigenvalue weighted by atomic mass is 32.1. The number of anilines is 1. The van der Waals surface area contributed by atoms with Gasteiger partial charge in [0, 0.05) is 31.2 Å². The van der Waals surface area contributed by atoms with Crippen LogP contribution in [0.5, 0.6) is 0 Å². The van der Waals surface area contributed by atoms with Crippen LogP contribution in [-0.4, -0.2) is 52.0 Å². The molecule has 9 heteroatoms. The minimum atomic E-state index is -0.377. The number of carbonyl (C=O) groups excluding carboxylic acids is 3. The predicted molar refractivity (Wildman–Crippen MR) is 127 cm³/mol. The monoisotopic (exact) mass is 469 g/mol. The Morgan fingerprint density at radius 1 is 0.970 bits per heavy atom. The van der Waals surface area contributed by atoms with Gasteiger partial charge >= 0.3 is 0 Å². The van der Waals surface area contributed by atoms with Crippen LogP contribution in [-0.2, 0) is 4.79 Å². The fourth-order valence-corrected chi connectivity index (χ4v) is 5.20. The maximum Gasteiger partial charge on any atom is 0.286 e. The van der Waals surface area contributed by atoms with E-state index in [0.717, 1.165) is 42.6 Å². The number of rotatable bonds is 6. The lowest BCUT2D eigenvalue weighted by molar-refractivity contribution is -0.123. The van der Waals surface area contributed by atoms with Crippen molar-refractivity contribution in [1.82, 2.24) is 20.4 Å². The Bertz CT molecular complexity index is 976. The first-order valence-electron chi connectivity index (χ1n) is 11.8. The smallest absolute Gasteiger partial charge is 0.286 e. The Kier molecular flexibility index (Phi) is 7.69. The van der Waals surface area contributed by atoms with Gasteiger partial charge in [0.25, 0.3) is 11.8 Å². The van der Waals surface area contributed by atoms with Crippen LogP contribution in [0.2, 0.25) is 0 Å². The maximum absolute atomic E-state index is 12.8. The van der Waals surface area contributed by atoms with Crippen molar-refractivity contribution >= 4 is 34.7 Å². The molecule has 0 spiro atoms. The number of nitrogens with one attached hydrogen (secondary N) is 2. The van der Waals surface area contributed by atoms with E-state index in [2.05, 4.69) is 20.8 Å². The molecule has 0 unspecified atom stereocenters. The first kappa shape index (κ1) is 23.4. The number of piperidine rings is 1. The second kappa shape index (κ2) is 10.9. The zero-order valence-electron chi connectivity index (χ0n) is 19.0. The van der Waals surface area contributed by atoms with Crippen molar-refractivity contribution in [2.24, 2.45) is 5.92 Å². The molecule has 0 atom stereocenters. The van der Waals surface area contributed by atoms with Crippen molar-refractivity contribution in [3.05, 3.63) is 39.8 Å². The molecule has 33 heavy (non-hydrogen) atoms. The Morgan fingerprint density at radius 2 is 1.64 bits per heavy atom. The third kappa shape index (κ3) is 6.37. The quantitative estimate of drug-likeness (QED) is 0.670. The Hall–Kier alpha value is -2.81. The Labute approximate surface area is 198 Å². The lowest BCUT2D eigenvalue weighted by atomic mass is 9.92. The summed E-state index contributed by atoms with van der Waals surface area (Å²) in [4.78, 5) is 39.4. The number of benzene rings is 1. The maximum atomic E-state index is 12.8. The molecule has 2 aliphatic rings. The average Bonchev–Trinajstić information content (AvgIpc) is 3.32. The van der Waals surface area contributed by atoms with Gasteiger partial charge in [-0.3, -0.25) is 14.4 Å². The fraction of sp³-hybridized carbons (Fsp3) is 0.542. The summed E-state index contributed by atoms with van der Waals surface area (Å²) in [7, 11) is 0. The first-order valence-corrected chi connectivity index (χ1v) is 12.6. The largest absolute Gasteiger partial charge is 0.353 e. The summed E-state index contributed by atoms with van der Waals surface area (Å²) in [5.41, 5.74) is 1.77. The summed E-state index contributed by atoms with van der Waals surface area (Å²) >= 11 is 1.01. The van der Waals surface area contributed by atoms with Gasteiger partial charge in [-0.1, -0.05) is 48.3 Å². The molecule has 1 aliphatic carbocycles. The normalized spacial score (nSPS) is 17.5. The zero-order valence-corrected chi connectivity index (χ0v) is 19.8. The number of likely N-dealkylation sites (tertiary alicyclic amines) is 1. The van der Waals surface area contributed by atoms with Gasteiger partial charge in [0.15, 0.2) is 0 Å². The van der Waals surface area contributed by atoms with Gasteiger partial charge in [-0.2, -0.15) is 0 Å².